The molecule has 0 saturated heterocycles. The highest BCUT2D eigenvalue weighted by molar-refractivity contribution is 5.85. The van der Waals surface area contributed by atoms with Gasteiger partial charge in [0, 0.05) is 6.04 Å². The van der Waals surface area contributed by atoms with Gasteiger partial charge < -0.3 is 10.5 Å². The first-order valence-electron chi connectivity index (χ1n) is 5.44. The lowest BCUT2D eigenvalue weighted by atomic mass is 9.93. The van der Waals surface area contributed by atoms with Gasteiger partial charge in [0.05, 0.1) is 0 Å². The Labute approximate surface area is 101 Å². The molecule has 0 amide bonds. The molecule has 2 rings (SSSR count). The molecule has 1 aliphatic rings. The lowest BCUT2D eigenvalue weighted by Gasteiger charge is -2.29. The summed E-state index contributed by atoms with van der Waals surface area (Å²) < 4.78 is 18.9. The highest BCUT2D eigenvalue weighted by Gasteiger charge is 2.24. The van der Waals surface area contributed by atoms with E-state index in [1.54, 1.807) is 18.2 Å². The number of nitrogens with two attached hydrogens (primary N) is 1. The second kappa shape index (κ2) is 6.06. The smallest absolute Gasteiger partial charge is 0.165 e. The number of rotatable bonds is 2. The molecule has 1 fully saturated rings. The van der Waals surface area contributed by atoms with Gasteiger partial charge in [-0.25, -0.2) is 4.39 Å². The van der Waals surface area contributed by atoms with Gasteiger partial charge in [-0.15, -0.1) is 12.4 Å². The van der Waals surface area contributed by atoms with Gasteiger partial charge in [0.2, 0.25) is 0 Å². The quantitative estimate of drug-likeness (QED) is 0.870. The monoisotopic (exact) mass is 245 g/mol. The molecule has 2 nitrogen and oxygen atoms in total. The molecule has 1 aromatic carbocycles. The van der Waals surface area contributed by atoms with Crippen LogP contribution in [0.25, 0.3) is 0 Å². The van der Waals surface area contributed by atoms with E-state index < -0.39 is 0 Å². The first-order chi connectivity index (χ1) is 7.27. The topological polar surface area (TPSA) is 35.2 Å². The van der Waals surface area contributed by atoms with Crippen LogP contribution in [0, 0.1) is 5.82 Å². The SMILES string of the molecule is Cl.NC1CCCCC1Oc1ccccc1F. The van der Waals surface area contributed by atoms with Crippen molar-refractivity contribution in [3.05, 3.63) is 30.1 Å². The Balaban J connectivity index is 0.00000128. The van der Waals surface area contributed by atoms with Crippen LogP contribution in [0.5, 0.6) is 5.75 Å². The summed E-state index contributed by atoms with van der Waals surface area (Å²) in [6.07, 6.45) is 4.13. The van der Waals surface area contributed by atoms with Gasteiger partial charge in [0.25, 0.3) is 0 Å². The van der Waals surface area contributed by atoms with Crippen LogP contribution in [0.4, 0.5) is 4.39 Å². The zero-order chi connectivity index (χ0) is 10.7. The molecule has 0 spiro atoms. The Morgan fingerprint density at radius 2 is 1.88 bits per heavy atom. The van der Waals surface area contributed by atoms with Gasteiger partial charge in [-0.05, 0) is 31.4 Å². The first-order valence-corrected chi connectivity index (χ1v) is 5.44. The predicted molar refractivity (Wildman–Crippen MR) is 64.5 cm³/mol. The van der Waals surface area contributed by atoms with E-state index in [0.29, 0.717) is 5.75 Å². The van der Waals surface area contributed by atoms with E-state index in [9.17, 15) is 4.39 Å². The summed E-state index contributed by atoms with van der Waals surface area (Å²) in [5, 5.41) is 0. The second-order valence-corrected chi connectivity index (χ2v) is 4.04. The van der Waals surface area contributed by atoms with Crippen molar-refractivity contribution in [1.82, 2.24) is 0 Å². The number of ether oxygens (including phenoxy) is 1. The average Bonchev–Trinajstić information content (AvgIpc) is 2.24. The van der Waals surface area contributed by atoms with Crippen molar-refractivity contribution in [1.29, 1.82) is 0 Å². The molecule has 2 atom stereocenters. The summed E-state index contributed by atoms with van der Waals surface area (Å²) in [7, 11) is 0. The van der Waals surface area contributed by atoms with E-state index in [0.717, 1.165) is 25.7 Å². The van der Waals surface area contributed by atoms with Crippen LogP contribution >= 0.6 is 12.4 Å². The molecule has 1 saturated carbocycles. The molecule has 2 N–H and O–H groups in total. The zero-order valence-corrected chi connectivity index (χ0v) is 9.88. The van der Waals surface area contributed by atoms with Crippen molar-refractivity contribution in [2.45, 2.75) is 37.8 Å². The fraction of sp³-hybridized carbons (Fsp3) is 0.500. The Kier molecular flexibility index (Phi) is 5.03. The van der Waals surface area contributed by atoms with Crippen molar-refractivity contribution in [3.8, 4) is 5.75 Å². The third-order valence-corrected chi connectivity index (χ3v) is 2.87. The van der Waals surface area contributed by atoms with Crippen molar-refractivity contribution in [3.63, 3.8) is 0 Å². The number of hydrogen-bond acceptors (Lipinski definition) is 2. The lowest BCUT2D eigenvalue weighted by molar-refractivity contribution is 0.127. The summed E-state index contributed by atoms with van der Waals surface area (Å²) in [5.74, 6) is 0.00937. The van der Waals surface area contributed by atoms with Crippen LogP contribution in [0.1, 0.15) is 25.7 Å². The predicted octanol–water partition coefficient (Wildman–Crippen LogP) is 2.90. The normalized spacial score (nSPS) is 24.6. The summed E-state index contributed by atoms with van der Waals surface area (Å²) in [6.45, 7) is 0. The molecule has 1 aromatic rings. The Morgan fingerprint density at radius 3 is 2.56 bits per heavy atom. The molecular formula is C12H17ClFNO. The molecule has 90 valence electrons. The Morgan fingerprint density at radius 1 is 1.19 bits per heavy atom. The minimum atomic E-state index is -0.310. The average molecular weight is 246 g/mol. The van der Waals surface area contributed by atoms with Crippen molar-refractivity contribution < 1.29 is 9.13 Å². The Bertz CT molecular complexity index is 335. The highest BCUT2D eigenvalue weighted by atomic mass is 35.5. The first kappa shape index (κ1) is 13.3. The van der Waals surface area contributed by atoms with E-state index >= 15 is 0 Å². The van der Waals surface area contributed by atoms with Crippen LogP contribution in [0.2, 0.25) is 0 Å². The van der Waals surface area contributed by atoms with Crippen LogP contribution in [0.15, 0.2) is 24.3 Å². The molecular weight excluding hydrogens is 229 g/mol. The summed E-state index contributed by atoms with van der Waals surface area (Å²) in [6, 6.07) is 6.52. The lowest BCUT2D eigenvalue weighted by Crippen LogP contribution is -2.41. The second-order valence-electron chi connectivity index (χ2n) is 4.04. The molecule has 4 heteroatoms. The maximum absolute atomic E-state index is 13.3. The number of halogens is 2. The number of hydrogen-bond donors (Lipinski definition) is 1. The molecule has 16 heavy (non-hydrogen) atoms. The molecule has 1 aliphatic carbocycles. The minimum absolute atomic E-state index is 0. The van der Waals surface area contributed by atoms with Gasteiger partial charge >= 0.3 is 0 Å². The molecule has 2 unspecified atom stereocenters. The standard InChI is InChI=1S/C12H16FNO.ClH/c13-9-5-1-3-7-11(9)15-12-8-4-2-6-10(12)14;/h1,3,5,7,10,12H,2,4,6,8,14H2;1H. The number of para-hydroxylation sites is 1. The van der Waals surface area contributed by atoms with Crippen LogP contribution in [-0.4, -0.2) is 12.1 Å². The maximum Gasteiger partial charge on any atom is 0.165 e. The largest absolute Gasteiger partial charge is 0.486 e. The molecule has 0 bridgehead atoms. The maximum atomic E-state index is 13.3. The zero-order valence-electron chi connectivity index (χ0n) is 9.06. The molecule has 0 aromatic heterocycles. The van der Waals surface area contributed by atoms with Crippen LogP contribution in [-0.2, 0) is 0 Å². The third kappa shape index (κ3) is 3.09. The summed E-state index contributed by atoms with van der Waals surface area (Å²) in [5.41, 5.74) is 5.93. The summed E-state index contributed by atoms with van der Waals surface area (Å²) >= 11 is 0. The summed E-state index contributed by atoms with van der Waals surface area (Å²) in [4.78, 5) is 0. The van der Waals surface area contributed by atoms with E-state index in [4.69, 9.17) is 10.5 Å². The highest BCUT2D eigenvalue weighted by Crippen LogP contribution is 2.24. The third-order valence-electron chi connectivity index (χ3n) is 2.87. The number of benzene rings is 1. The van der Waals surface area contributed by atoms with Crippen molar-refractivity contribution in [2.75, 3.05) is 0 Å². The van der Waals surface area contributed by atoms with E-state index in [1.807, 2.05) is 0 Å². The van der Waals surface area contributed by atoms with Gasteiger partial charge in [-0.1, -0.05) is 18.6 Å². The van der Waals surface area contributed by atoms with Crippen molar-refractivity contribution in [2.24, 2.45) is 5.73 Å². The fourth-order valence-electron chi connectivity index (χ4n) is 1.98. The van der Waals surface area contributed by atoms with Crippen LogP contribution in [0.3, 0.4) is 0 Å². The van der Waals surface area contributed by atoms with Gasteiger partial charge in [0.1, 0.15) is 6.10 Å². The van der Waals surface area contributed by atoms with E-state index in [-0.39, 0.29) is 30.4 Å². The van der Waals surface area contributed by atoms with Gasteiger partial charge in [-0.2, -0.15) is 0 Å². The van der Waals surface area contributed by atoms with E-state index in [2.05, 4.69) is 0 Å². The van der Waals surface area contributed by atoms with E-state index in [1.165, 1.54) is 6.07 Å². The van der Waals surface area contributed by atoms with Crippen LogP contribution < -0.4 is 10.5 Å². The fourth-order valence-corrected chi connectivity index (χ4v) is 1.98. The molecule has 0 radical (unpaired) electrons. The molecule has 0 heterocycles. The Hall–Kier alpha value is -0.800. The van der Waals surface area contributed by atoms with Gasteiger partial charge in [0.15, 0.2) is 11.6 Å². The minimum Gasteiger partial charge on any atom is -0.486 e. The van der Waals surface area contributed by atoms with Gasteiger partial charge in [-0.3, -0.25) is 0 Å². The molecule has 0 aliphatic heterocycles. The van der Waals surface area contributed by atoms with Crippen molar-refractivity contribution >= 4 is 12.4 Å².